The number of pyridine rings is 1. The second kappa shape index (κ2) is 6.05. The normalized spacial score (nSPS) is 13.5. The molecule has 96 valence electrons. The molecule has 0 aliphatic carbocycles. The van der Waals surface area contributed by atoms with Crippen molar-refractivity contribution in [2.75, 3.05) is 7.11 Å². The average molecular weight is 254 g/mol. The van der Waals surface area contributed by atoms with E-state index in [2.05, 4.69) is 9.72 Å². The second-order valence-electron chi connectivity index (χ2n) is 3.47. The predicted octanol–water partition coefficient (Wildman–Crippen LogP) is 0.315. The Morgan fingerprint density at radius 3 is 2.89 bits per heavy atom. The Morgan fingerprint density at radius 2 is 2.33 bits per heavy atom. The van der Waals surface area contributed by atoms with Gasteiger partial charge in [-0.15, -0.1) is 0 Å². The third-order valence-electron chi connectivity index (χ3n) is 2.27. The van der Waals surface area contributed by atoms with E-state index in [1.807, 2.05) is 0 Å². The summed E-state index contributed by atoms with van der Waals surface area (Å²) in [7, 11) is 1.08. The lowest BCUT2D eigenvalue weighted by Crippen LogP contribution is -2.19. The van der Waals surface area contributed by atoms with Crippen LogP contribution in [0.15, 0.2) is 12.3 Å². The fourth-order valence-corrected chi connectivity index (χ4v) is 1.31. The second-order valence-corrected chi connectivity index (χ2v) is 3.47. The molecule has 1 aromatic heterocycles. The number of carbonyl (C=O) groups excluding carboxylic acids is 1. The third-order valence-corrected chi connectivity index (χ3v) is 2.27. The molecule has 2 atom stereocenters. The Balaban J connectivity index is 3.05. The first-order valence-electron chi connectivity index (χ1n) is 4.98. The van der Waals surface area contributed by atoms with Gasteiger partial charge >= 0.3 is 5.97 Å². The molecule has 2 N–H and O–H groups in total. The van der Waals surface area contributed by atoms with E-state index in [1.54, 1.807) is 6.07 Å². The molecule has 18 heavy (non-hydrogen) atoms. The highest BCUT2D eigenvalue weighted by atomic mass is 19.1. The van der Waals surface area contributed by atoms with Gasteiger partial charge in [-0.2, -0.15) is 9.65 Å². The number of carbonyl (C=O) groups is 1. The number of nitrogens with zero attached hydrogens (tertiary/aromatic N) is 2. The van der Waals surface area contributed by atoms with Crippen molar-refractivity contribution in [2.45, 2.75) is 18.6 Å². The van der Waals surface area contributed by atoms with Crippen LogP contribution in [-0.2, 0) is 4.74 Å². The predicted molar refractivity (Wildman–Crippen MR) is 56.7 cm³/mol. The minimum atomic E-state index is -1.43. The van der Waals surface area contributed by atoms with E-state index in [1.165, 1.54) is 0 Å². The minimum Gasteiger partial charge on any atom is -0.465 e. The maximum absolute atomic E-state index is 13.2. The summed E-state index contributed by atoms with van der Waals surface area (Å²) in [4.78, 5) is 14.5. The molecule has 0 saturated heterocycles. The van der Waals surface area contributed by atoms with Crippen molar-refractivity contribution in [1.82, 2.24) is 4.98 Å². The van der Waals surface area contributed by atoms with E-state index in [0.717, 1.165) is 19.4 Å². The van der Waals surface area contributed by atoms with Crippen LogP contribution in [0.5, 0.6) is 0 Å². The lowest BCUT2D eigenvalue weighted by atomic mass is 10.0. The van der Waals surface area contributed by atoms with Crippen LogP contribution in [0, 0.1) is 17.3 Å². The standard InChI is InChI=1S/C11H11FN2O4/c1-18-11(17)7-4-6(5-14-10(7)12)9(16)8(15)2-3-13/h4-5,8-9,15-16H,2H2,1H3. The van der Waals surface area contributed by atoms with Crippen LogP contribution in [0.2, 0.25) is 0 Å². The van der Waals surface area contributed by atoms with E-state index in [4.69, 9.17) is 5.26 Å². The molecule has 1 aromatic rings. The van der Waals surface area contributed by atoms with Gasteiger partial charge in [0.15, 0.2) is 0 Å². The number of aliphatic hydroxyl groups excluding tert-OH is 2. The number of hydrogen-bond acceptors (Lipinski definition) is 6. The lowest BCUT2D eigenvalue weighted by molar-refractivity contribution is 0.0212. The van der Waals surface area contributed by atoms with Gasteiger partial charge in [0.05, 0.1) is 25.7 Å². The number of aliphatic hydroxyl groups is 2. The highest BCUT2D eigenvalue weighted by molar-refractivity contribution is 5.89. The zero-order chi connectivity index (χ0) is 13.7. The molecular weight excluding hydrogens is 243 g/mol. The number of nitriles is 1. The molecule has 7 heteroatoms. The molecule has 0 aliphatic rings. The maximum atomic E-state index is 13.2. The summed E-state index contributed by atoms with van der Waals surface area (Å²) in [6.07, 6.45) is -2.09. The molecule has 0 saturated carbocycles. The Hall–Kier alpha value is -2.04. The highest BCUT2D eigenvalue weighted by Crippen LogP contribution is 2.20. The van der Waals surface area contributed by atoms with Crippen LogP contribution >= 0.6 is 0 Å². The summed E-state index contributed by atoms with van der Waals surface area (Å²) in [5.74, 6) is -1.98. The van der Waals surface area contributed by atoms with Crippen LogP contribution in [0.25, 0.3) is 0 Å². The van der Waals surface area contributed by atoms with Crippen LogP contribution in [0.4, 0.5) is 4.39 Å². The largest absolute Gasteiger partial charge is 0.465 e. The lowest BCUT2D eigenvalue weighted by Gasteiger charge is -2.15. The topological polar surface area (TPSA) is 103 Å². The molecule has 6 nitrogen and oxygen atoms in total. The van der Waals surface area contributed by atoms with E-state index in [0.29, 0.717) is 0 Å². The van der Waals surface area contributed by atoms with Crippen LogP contribution in [-0.4, -0.2) is 34.4 Å². The summed E-state index contributed by atoms with van der Waals surface area (Å²) >= 11 is 0. The summed E-state index contributed by atoms with van der Waals surface area (Å²) < 4.78 is 17.6. The Kier molecular flexibility index (Phi) is 4.71. The van der Waals surface area contributed by atoms with Crippen molar-refractivity contribution >= 4 is 5.97 Å². The van der Waals surface area contributed by atoms with Gasteiger partial charge in [0, 0.05) is 11.8 Å². The van der Waals surface area contributed by atoms with Gasteiger partial charge in [0.1, 0.15) is 11.7 Å². The van der Waals surface area contributed by atoms with Gasteiger partial charge in [-0.3, -0.25) is 0 Å². The van der Waals surface area contributed by atoms with Gasteiger partial charge in [0.2, 0.25) is 5.95 Å². The summed E-state index contributed by atoms with van der Waals surface area (Å²) in [6.45, 7) is 0. The Labute approximate surface area is 102 Å². The zero-order valence-corrected chi connectivity index (χ0v) is 9.50. The fraction of sp³-hybridized carbons (Fsp3) is 0.364. The molecule has 0 spiro atoms. The molecule has 0 amide bonds. The fourth-order valence-electron chi connectivity index (χ4n) is 1.31. The molecule has 1 heterocycles. The SMILES string of the molecule is COC(=O)c1cc(C(O)C(O)CC#N)cnc1F. The van der Waals surface area contributed by atoms with E-state index < -0.39 is 29.7 Å². The van der Waals surface area contributed by atoms with Crippen molar-refractivity contribution in [3.63, 3.8) is 0 Å². The van der Waals surface area contributed by atoms with Gasteiger partial charge in [-0.25, -0.2) is 9.78 Å². The Morgan fingerprint density at radius 1 is 1.67 bits per heavy atom. The number of aromatic nitrogens is 1. The summed E-state index contributed by atoms with van der Waals surface area (Å²) in [6, 6.07) is 2.71. The molecule has 2 unspecified atom stereocenters. The first-order valence-corrected chi connectivity index (χ1v) is 4.98. The van der Waals surface area contributed by atoms with Crippen LogP contribution < -0.4 is 0 Å². The summed E-state index contributed by atoms with van der Waals surface area (Å²) in [5.41, 5.74) is -0.419. The number of methoxy groups -OCH3 is 1. The van der Waals surface area contributed by atoms with E-state index in [9.17, 15) is 19.4 Å². The number of esters is 1. The first-order chi connectivity index (χ1) is 8.51. The Bertz CT molecular complexity index is 486. The van der Waals surface area contributed by atoms with E-state index in [-0.39, 0.29) is 12.0 Å². The first kappa shape index (κ1) is 14.0. The van der Waals surface area contributed by atoms with Crippen LogP contribution in [0.3, 0.4) is 0 Å². The highest BCUT2D eigenvalue weighted by Gasteiger charge is 2.22. The average Bonchev–Trinajstić information content (AvgIpc) is 2.38. The molecule has 0 bridgehead atoms. The van der Waals surface area contributed by atoms with Gasteiger partial charge in [-0.1, -0.05) is 0 Å². The van der Waals surface area contributed by atoms with Crippen molar-refractivity contribution in [3.8, 4) is 6.07 Å². The van der Waals surface area contributed by atoms with Crippen LogP contribution in [0.1, 0.15) is 28.4 Å². The van der Waals surface area contributed by atoms with Crippen molar-refractivity contribution in [2.24, 2.45) is 0 Å². The summed E-state index contributed by atoms with van der Waals surface area (Å²) in [5, 5.41) is 27.5. The van der Waals surface area contributed by atoms with Gasteiger partial charge in [0.25, 0.3) is 0 Å². The minimum absolute atomic E-state index is 0.0274. The quantitative estimate of drug-likeness (QED) is 0.592. The van der Waals surface area contributed by atoms with Gasteiger partial charge < -0.3 is 14.9 Å². The molecule has 0 radical (unpaired) electrons. The molecule has 0 aliphatic heterocycles. The smallest absolute Gasteiger partial charge is 0.342 e. The maximum Gasteiger partial charge on any atom is 0.342 e. The van der Waals surface area contributed by atoms with Crippen molar-refractivity contribution in [3.05, 3.63) is 29.3 Å². The third kappa shape index (κ3) is 3.00. The number of ether oxygens (including phenoxy) is 1. The number of rotatable bonds is 4. The van der Waals surface area contributed by atoms with Gasteiger partial charge in [-0.05, 0) is 6.07 Å². The molecule has 0 aromatic carbocycles. The molecular formula is C11H11FN2O4. The zero-order valence-electron chi connectivity index (χ0n) is 9.50. The number of halogens is 1. The van der Waals surface area contributed by atoms with Crippen molar-refractivity contribution in [1.29, 1.82) is 5.26 Å². The molecule has 1 rings (SSSR count). The number of hydrogen-bond donors (Lipinski definition) is 2. The molecule has 0 fully saturated rings. The van der Waals surface area contributed by atoms with E-state index >= 15 is 0 Å². The monoisotopic (exact) mass is 254 g/mol. The van der Waals surface area contributed by atoms with Crippen molar-refractivity contribution < 1.29 is 24.1 Å².